The lowest BCUT2D eigenvalue weighted by molar-refractivity contribution is 0.443. The summed E-state index contributed by atoms with van der Waals surface area (Å²) < 4.78 is 0.929. The highest BCUT2D eigenvalue weighted by Gasteiger charge is 2.09. The van der Waals surface area contributed by atoms with Crippen LogP contribution in [0.5, 0.6) is 0 Å². The van der Waals surface area contributed by atoms with E-state index >= 15 is 0 Å². The maximum Gasteiger partial charge on any atom is 0.0549 e. The van der Waals surface area contributed by atoms with Crippen molar-refractivity contribution >= 4 is 33.2 Å². The lowest BCUT2D eigenvalue weighted by Gasteiger charge is -2.19. The maximum absolute atomic E-state index is 5.90. The van der Waals surface area contributed by atoms with Crippen LogP contribution in [-0.2, 0) is 0 Å². The van der Waals surface area contributed by atoms with E-state index in [2.05, 4.69) is 42.0 Å². The minimum atomic E-state index is 0.284. The Balaban J connectivity index is 2.65. The van der Waals surface area contributed by atoms with Crippen LogP contribution in [0.4, 0.5) is 5.69 Å². The van der Waals surface area contributed by atoms with Gasteiger partial charge in [-0.05, 0) is 39.5 Å². The molecule has 0 aliphatic heterocycles. The molecule has 0 amide bonds. The third-order valence-corrected chi connectivity index (χ3v) is 2.96. The average molecular weight is 277 g/mol. The van der Waals surface area contributed by atoms with E-state index in [-0.39, 0.29) is 5.41 Å². The summed E-state index contributed by atoms with van der Waals surface area (Å²) in [6.07, 6.45) is 0. The van der Waals surface area contributed by atoms with Crippen molar-refractivity contribution in [3.63, 3.8) is 0 Å². The molecule has 1 N–H and O–H groups in total. The highest BCUT2D eigenvalue weighted by Crippen LogP contribution is 2.26. The van der Waals surface area contributed by atoms with Gasteiger partial charge in [0.25, 0.3) is 0 Å². The van der Waals surface area contributed by atoms with Gasteiger partial charge in [-0.2, -0.15) is 0 Å². The minimum Gasteiger partial charge on any atom is -0.384 e. The number of rotatable bonds is 2. The Morgan fingerprint density at radius 3 is 2.50 bits per heavy atom. The summed E-state index contributed by atoms with van der Waals surface area (Å²) in [7, 11) is 0. The number of anilines is 1. The molecular formula is C11H15BrClN. The van der Waals surface area contributed by atoms with Crippen LogP contribution in [-0.4, -0.2) is 6.54 Å². The van der Waals surface area contributed by atoms with Crippen LogP contribution < -0.4 is 5.32 Å². The Hall–Kier alpha value is -0.210. The number of hydrogen-bond acceptors (Lipinski definition) is 1. The molecule has 0 unspecified atom stereocenters. The number of halogens is 2. The lowest BCUT2D eigenvalue weighted by Crippen LogP contribution is -2.18. The van der Waals surface area contributed by atoms with Crippen LogP contribution in [0, 0.1) is 5.41 Å². The SMILES string of the molecule is CC(C)(C)CNc1ccc(Cl)c(Br)c1. The molecule has 14 heavy (non-hydrogen) atoms. The van der Waals surface area contributed by atoms with E-state index in [0.29, 0.717) is 0 Å². The first-order chi connectivity index (χ1) is 6.38. The maximum atomic E-state index is 5.90. The van der Waals surface area contributed by atoms with Gasteiger partial charge in [0, 0.05) is 16.7 Å². The molecule has 1 aromatic carbocycles. The summed E-state index contributed by atoms with van der Waals surface area (Å²) >= 11 is 9.29. The van der Waals surface area contributed by atoms with Gasteiger partial charge in [-0.15, -0.1) is 0 Å². The molecule has 3 heteroatoms. The summed E-state index contributed by atoms with van der Waals surface area (Å²) in [5.74, 6) is 0. The fourth-order valence-electron chi connectivity index (χ4n) is 0.973. The fourth-order valence-corrected chi connectivity index (χ4v) is 1.47. The molecule has 78 valence electrons. The molecule has 0 saturated heterocycles. The third-order valence-electron chi connectivity index (χ3n) is 1.74. The molecule has 0 heterocycles. The number of hydrogen-bond donors (Lipinski definition) is 1. The van der Waals surface area contributed by atoms with E-state index in [4.69, 9.17) is 11.6 Å². The van der Waals surface area contributed by atoms with Crippen molar-refractivity contribution in [3.05, 3.63) is 27.7 Å². The Labute approximate surface area is 99.0 Å². The first kappa shape index (κ1) is 11.9. The molecule has 1 rings (SSSR count). The van der Waals surface area contributed by atoms with Crippen molar-refractivity contribution in [2.24, 2.45) is 5.41 Å². The zero-order valence-electron chi connectivity index (χ0n) is 8.70. The minimum absolute atomic E-state index is 0.284. The van der Waals surface area contributed by atoms with Crippen molar-refractivity contribution < 1.29 is 0 Å². The van der Waals surface area contributed by atoms with Gasteiger partial charge in [-0.25, -0.2) is 0 Å². The van der Waals surface area contributed by atoms with Crippen molar-refractivity contribution in [1.82, 2.24) is 0 Å². The summed E-state index contributed by atoms with van der Waals surface area (Å²) in [4.78, 5) is 0. The van der Waals surface area contributed by atoms with E-state index < -0.39 is 0 Å². The molecule has 0 fully saturated rings. The summed E-state index contributed by atoms with van der Waals surface area (Å²) in [6.45, 7) is 7.54. The predicted molar refractivity (Wildman–Crippen MR) is 67.1 cm³/mol. The van der Waals surface area contributed by atoms with Gasteiger partial charge in [0.2, 0.25) is 0 Å². The second-order valence-electron chi connectivity index (χ2n) is 4.54. The Morgan fingerprint density at radius 1 is 1.36 bits per heavy atom. The average Bonchev–Trinajstić information content (AvgIpc) is 2.06. The molecule has 0 radical (unpaired) electrons. The van der Waals surface area contributed by atoms with E-state index in [1.54, 1.807) is 0 Å². The highest BCUT2D eigenvalue weighted by atomic mass is 79.9. The topological polar surface area (TPSA) is 12.0 Å². The Kier molecular flexibility index (Phi) is 3.85. The van der Waals surface area contributed by atoms with Gasteiger partial charge in [-0.1, -0.05) is 32.4 Å². The van der Waals surface area contributed by atoms with Gasteiger partial charge in [0.05, 0.1) is 5.02 Å². The normalized spacial score (nSPS) is 11.5. The molecule has 0 aromatic heterocycles. The summed E-state index contributed by atoms with van der Waals surface area (Å²) in [5.41, 5.74) is 1.38. The van der Waals surface area contributed by atoms with E-state index in [0.717, 1.165) is 21.7 Å². The van der Waals surface area contributed by atoms with Crippen molar-refractivity contribution in [2.75, 3.05) is 11.9 Å². The third kappa shape index (κ3) is 3.89. The van der Waals surface area contributed by atoms with Crippen LogP contribution >= 0.6 is 27.5 Å². The van der Waals surface area contributed by atoms with Gasteiger partial charge in [0.1, 0.15) is 0 Å². The number of benzene rings is 1. The standard InChI is InChI=1S/C11H15BrClN/c1-11(2,3)7-14-8-4-5-10(13)9(12)6-8/h4-6,14H,7H2,1-3H3. The zero-order chi connectivity index (χ0) is 10.8. The smallest absolute Gasteiger partial charge is 0.0549 e. The zero-order valence-corrected chi connectivity index (χ0v) is 11.0. The fraction of sp³-hybridized carbons (Fsp3) is 0.455. The van der Waals surface area contributed by atoms with E-state index in [1.807, 2.05) is 18.2 Å². The van der Waals surface area contributed by atoms with Crippen LogP contribution in [0.1, 0.15) is 20.8 Å². The first-order valence-corrected chi connectivity index (χ1v) is 5.74. The second-order valence-corrected chi connectivity index (χ2v) is 5.80. The van der Waals surface area contributed by atoms with Crippen LogP contribution in [0.3, 0.4) is 0 Å². The highest BCUT2D eigenvalue weighted by molar-refractivity contribution is 9.10. The molecule has 1 nitrogen and oxygen atoms in total. The molecule has 0 aliphatic carbocycles. The second kappa shape index (κ2) is 4.54. The quantitative estimate of drug-likeness (QED) is 0.835. The largest absolute Gasteiger partial charge is 0.384 e. The van der Waals surface area contributed by atoms with Gasteiger partial charge in [0.15, 0.2) is 0 Å². The first-order valence-electron chi connectivity index (χ1n) is 4.57. The molecular weight excluding hydrogens is 261 g/mol. The van der Waals surface area contributed by atoms with Crippen molar-refractivity contribution in [2.45, 2.75) is 20.8 Å². The van der Waals surface area contributed by atoms with Crippen molar-refractivity contribution in [3.8, 4) is 0 Å². The van der Waals surface area contributed by atoms with Crippen LogP contribution in [0.25, 0.3) is 0 Å². The Bertz CT molecular complexity index is 318. The van der Waals surface area contributed by atoms with Crippen LogP contribution in [0.2, 0.25) is 5.02 Å². The van der Waals surface area contributed by atoms with Crippen molar-refractivity contribution in [1.29, 1.82) is 0 Å². The molecule has 0 atom stereocenters. The molecule has 0 bridgehead atoms. The summed E-state index contributed by atoms with van der Waals surface area (Å²) in [5, 5.41) is 4.11. The van der Waals surface area contributed by atoms with Gasteiger partial charge in [-0.3, -0.25) is 0 Å². The molecule has 0 spiro atoms. The predicted octanol–water partition coefficient (Wildman–Crippen LogP) is 4.56. The molecule has 0 aliphatic rings. The monoisotopic (exact) mass is 275 g/mol. The summed E-state index contributed by atoms with van der Waals surface area (Å²) in [6, 6.07) is 5.86. The Morgan fingerprint density at radius 2 is 2.00 bits per heavy atom. The molecule has 1 aromatic rings. The van der Waals surface area contributed by atoms with Gasteiger partial charge >= 0.3 is 0 Å². The van der Waals surface area contributed by atoms with E-state index in [9.17, 15) is 0 Å². The van der Waals surface area contributed by atoms with Gasteiger partial charge < -0.3 is 5.32 Å². The number of nitrogens with one attached hydrogen (secondary N) is 1. The van der Waals surface area contributed by atoms with Crippen LogP contribution in [0.15, 0.2) is 22.7 Å². The van der Waals surface area contributed by atoms with E-state index in [1.165, 1.54) is 0 Å². The molecule has 0 saturated carbocycles. The lowest BCUT2D eigenvalue weighted by atomic mass is 9.97.